The Balaban J connectivity index is 3.91. The normalized spacial score (nSPS) is 12.8. The van der Waals surface area contributed by atoms with Crippen LogP contribution in [0.25, 0.3) is 0 Å². The monoisotopic (exact) mass is 246 g/mol. The van der Waals surface area contributed by atoms with Crippen molar-refractivity contribution in [2.75, 3.05) is 6.54 Å². The van der Waals surface area contributed by atoms with Gasteiger partial charge in [0.05, 0.1) is 0 Å². The Morgan fingerprint density at radius 3 is 2.53 bits per heavy atom. The number of hydrogen-bond acceptors (Lipinski definition) is 7. The van der Waals surface area contributed by atoms with Gasteiger partial charge in [-0.2, -0.15) is 11.0 Å². The third-order valence-electron chi connectivity index (χ3n) is 1.67. The second-order valence-electron chi connectivity index (χ2n) is 2.77. The summed E-state index contributed by atoms with van der Waals surface area (Å²) in [4.78, 5) is 25.8. The maximum Gasteiger partial charge on any atom is 0.360 e. The fourth-order valence-electron chi connectivity index (χ4n) is 0.960. The molecule has 0 bridgehead atoms. The predicted molar refractivity (Wildman–Crippen MR) is 54.8 cm³/mol. The number of nitrogens with two attached hydrogens (primary N) is 3. The lowest BCUT2D eigenvalue weighted by Crippen LogP contribution is -2.27. The molecule has 17 heavy (non-hydrogen) atoms. The molecule has 0 aliphatic rings. The Labute approximate surface area is 96.4 Å². The van der Waals surface area contributed by atoms with Crippen LogP contribution in [0, 0.1) is 0 Å². The minimum atomic E-state index is -0.891. The van der Waals surface area contributed by atoms with Gasteiger partial charge in [0.25, 0.3) is 0 Å². The van der Waals surface area contributed by atoms with Crippen molar-refractivity contribution in [2.45, 2.75) is 18.9 Å². The standard InChI is InChI=1S/C6H14N8O3/c7-13-11-4(5(15)17-9)2-1-3-10-6(16)12-14-8/h4H,1-3,9H2,(H2,7,11)(H3,8,10,12,16)/t4-/m0/s1. The van der Waals surface area contributed by atoms with E-state index in [1.165, 1.54) is 0 Å². The van der Waals surface area contributed by atoms with Crippen molar-refractivity contribution < 1.29 is 14.4 Å². The second-order valence-corrected chi connectivity index (χ2v) is 2.77. The minimum Gasteiger partial charge on any atom is -0.372 e. The van der Waals surface area contributed by atoms with Gasteiger partial charge in [-0.1, -0.05) is 15.6 Å². The first kappa shape index (κ1) is 14.7. The number of amides is 2. The molecule has 96 valence electrons. The first-order chi connectivity index (χ1) is 8.15. The van der Waals surface area contributed by atoms with Gasteiger partial charge in [-0.05, 0) is 12.8 Å². The molecule has 0 saturated carbocycles. The highest BCUT2D eigenvalue weighted by Gasteiger charge is 2.18. The molecule has 0 unspecified atom stereocenters. The highest BCUT2D eigenvalue weighted by Crippen LogP contribution is 2.03. The molecule has 0 rings (SSSR count). The topological polar surface area (TPSA) is 183 Å². The SMILES string of the molecule is NN=NC(=O)NCCC[C@H](N=NN)C(=O)ON. The highest BCUT2D eigenvalue weighted by molar-refractivity contribution is 5.75. The molecule has 11 nitrogen and oxygen atoms in total. The number of urea groups is 1. The molecule has 0 aromatic heterocycles. The summed E-state index contributed by atoms with van der Waals surface area (Å²) in [6, 6.07) is -1.57. The zero-order valence-corrected chi connectivity index (χ0v) is 8.94. The molecule has 0 saturated heterocycles. The molecule has 0 radical (unpaired) electrons. The fourth-order valence-corrected chi connectivity index (χ4v) is 0.960. The minimum absolute atomic E-state index is 0.256. The Morgan fingerprint density at radius 2 is 2.00 bits per heavy atom. The van der Waals surface area contributed by atoms with Gasteiger partial charge in [-0.15, -0.1) is 0 Å². The lowest BCUT2D eigenvalue weighted by molar-refractivity contribution is -0.146. The van der Waals surface area contributed by atoms with E-state index in [4.69, 9.17) is 11.7 Å². The van der Waals surface area contributed by atoms with Crippen LogP contribution in [0.5, 0.6) is 0 Å². The van der Waals surface area contributed by atoms with Crippen LogP contribution in [-0.2, 0) is 9.63 Å². The first-order valence-electron chi connectivity index (χ1n) is 4.55. The summed E-state index contributed by atoms with van der Waals surface area (Å²) in [5, 5.41) is 14.6. The van der Waals surface area contributed by atoms with Crippen LogP contribution < -0.4 is 22.9 Å². The van der Waals surface area contributed by atoms with Crippen LogP contribution in [0.1, 0.15) is 12.8 Å². The summed E-state index contributed by atoms with van der Waals surface area (Å²) in [7, 11) is 0. The molecule has 0 aromatic rings. The van der Waals surface area contributed by atoms with E-state index in [9.17, 15) is 9.59 Å². The van der Waals surface area contributed by atoms with Gasteiger partial charge >= 0.3 is 12.0 Å². The Bertz CT molecular complexity index is 304. The van der Waals surface area contributed by atoms with E-state index >= 15 is 0 Å². The van der Waals surface area contributed by atoms with Crippen molar-refractivity contribution in [1.82, 2.24) is 5.32 Å². The Morgan fingerprint density at radius 1 is 1.29 bits per heavy atom. The molecular formula is C6H14N8O3. The van der Waals surface area contributed by atoms with Gasteiger partial charge in [-0.25, -0.2) is 9.59 Å². The van der Waals surface area contributed by atoms with Crippen molar-refractivity contribution in [3.8, 4) is 0 Å². The number of nitrogens with one attached hydrogen (secondary N) is 1. The van der Waals surface area contributed by atoms with Crippen molar-refractivity contribution in [1.29, 1.82) is 0 Å². The van der Waals surface area contributed by atoms with Gasteiger partial charge in [0, 0.05) is 6.54 Å². The fraction of sp³-hybridized carbons (Fsp3) is 0.667. The van der Waals surface area contributed by atoms with Crippen LogP contribution in [0.15, 0.2) is 20.7 Å². The molecule has 7 N–H and O–H groups in total. The molecule has 0 spiro atoms. The van der Waals surface area contributed by atoms with E-state index in [1.54, 1.807) is 0 Å². The van der Waals surface area contributed by atoms with E-state index in [0.717, 1.165) is 0 Å². The van der Waals surface area contributed by atoms with Crippen LogP contribution in [-0.4, -0.2) is 24.6 Å². The smallest absolute Gasteiger partial charge is 0.360 e. The number of carbonyl (C=O) groups is 2. The summed E-state index contributed by atoms with van der Waals surface area (Å²) in [5.74, 6) is 13.4. The maximum absolute atomic E-state index is 11.0. The average molecular weight is 246 g/mol. The van der Waals surface area contributed by atoms with Crippen LogP contribution in [0.2, 0.25) is 0 Å². The van der Waals surface area contributed by atoms with Crippen molar-refractivity contribution in [3.63, 3.8) is 0 Å². The summed E-state index contributed by atoms with van der Waals surface area (Å²) in [6.45, 7) is 0.256. The second kappa shape index (κ2) is 8.96. The molecule has 11 heteroatoms. The Hall–Kier alpha value is -2.30. The zero-order chi connectivity index (χ0) is 13.1. The third kappa shape index (κ3) is 6.72. The lowest BCUT2D eigenvalue weighted by Gasteiger charge is -2.07. The summed E-state index contributed by atoms with van der Waals surface area (Å²) in [5.41, 5.74) is 0. The van der Waals surface area contributed by atoms with E-state index in [-0.39, 0.29) is 13.0 Å². The van der Waals surface area contributed by atoms with E-state index in [0.29, 0.717) is 6.42 Å². The number of rotatable bonds is 6. The molecule has 2 amide bonds. The van der Waals surface area contributed by atoms with Crippen LogP contribution in [0.4, 0.5) is 4.79 Å². The molecule has 0 fully saturated rings. The number of carbonyl (C=O) groups excluding carboxylic acids is 2. The van der Waals surface area contributed by atoms with E-state index in [2.05, 4.69) is 36.7 Å². The van der Waals surface area contributed by atoms with E-state index < -0.39 is 18.0 Å². The predicted octanol–water partition coefficient (Wildman–Crippen LogP) is -1.09. The van der Waals surface area contributed by atoms with Crippen molar-refractivity contribution in [2.24, 2.45) is 38.3 Å². The molecule has 1 atom stereocenters. The van der Waals surface area contributed by atoms with Gasteiger partial charge in [0.1, 0.15) is 0 Å². The zero-order valence-electron chi connectivity index (χ0n) is 8.94. The van der Waals surface area contributed by atoms with Gasteiger partial charge in [0.15, 0.2) is 6.04 Å². The highest BCUT2D eigenvalue weighted by atomic mass is 16.7. The number of hydrogen-bond donors (Lipinski definition) is 4. The Kier molecular flexibility index (Phi) is 7.75. The first-order valence-corrected chi connectivity index (χ1v) is 4.55. The van der Waals surface area contributed by atoms with Crippen LogP contribution in [0.3, 0.4) is 0 Å². The molecular weight excluding hydrogens is 232 g/mol. The van der Waals surface area contributed by atoms with Gasteiger partial charge in [-0.3, -0.25) is 0 Å². The summed E-state index contributed by atoms with van der Waals surface area (Å²) in [6.07, 6.45) is 0.682. The van der Waals surface area contributed by atoms with Gasteiger partial charge in [0.2, 0.25) is 0 Å². The molecule has 0 aromatic carbocycles. The largest absolute Gasteiger partial charge is 0.372 e. The lowest BCUT2D eigenvalue weighted by atomic mass is 10.2. The average Bonchev–Trinajstić information content (AvgIpc) is 2.32. The molecule has 0 aliphatic carbocycles. The van der Waals surface area contributed by atoms with Crippen molar-refractivity contribution >= 4 is 12.0 Å². The molecule has 0 aliphatic heterocycles. The number of nitrogens with zero attached hydrogens (tertiary/aromatic N) is 4. The van der Waals surface area contributed by atoms with E-state index in [1.807, 2.05) is 0 Å². The molecule has 0 heterocycles. The maximum atomic E-state index is 11.0. The van der Waals surface area contributed by atoms with Crippen molar-refractivity contribution in [3.05, 3.63) is 0 Å². The quantitative estimate of drug-likeness (QED) is 0.200. The summed E-state index contributed by atoms with van der Waals surface area (Å²) >= 11 is 0. The summed E-state index contributed by atoms with van der Waals surface area (Å²) < 4.78 is 0. The third-order valence-corrected chi connectivity index (χ3v) is 1.67. The van der Waals surface area contributed by atoms with Crippen LogP contribution >= 0.6 is 0 Å². The van der Waals surface area contributed by atoms with Gasteiger partial charge < -0.3 is 21.8 Å².